The monoisotopic (exact) mass is 247 g/mol. The van der Waals surface area contributed by atoms with Gasteiger partial charge in [-0.15, -0.1) is 11.3 Å². The molecule has 2 rings (SSSR count). The Morgan fingerprint density at radius 1 is 1.57 bits per heavy atom. The number of thioether (sulfide) groups is 1. The van der Waals surface area contributed by atoms with Crippen LogP contribution in [0.5, 0.6) is 0 Å². The van der Waals surface area contributed by atoms with Gasteiger partial charge < -0.3 is 5.11 Å². The van der Waals surface area contributed by atoms with Gasteiger partial charge in [-0.2, -0.15) is 0 Å². The van der Waals surface area contributed by atoms with Gasteiger partial charge >= 0.3 is 0 Å². The first-order chi connectivity index (χ1) is 6.70. The number of amides is 1. The van der Waals surface area contributed by atoms with Crippen molar-refractivity contribution in [3.63, 3.8) is 0 Å². The molecule has 74 valence electrons. The van der Waals surface area contributed by atoms with Crippen LogP contribution in [-0.4, -0.2) is 27.9 Å². The van der Waals surface area contributed by atoms with E-state index >= 15 is 0 Å². The Kier molecular flexibility index (Phi) is 2.92. The average Bonchev–Trinajstić information content (AvgIpc) is 2.71. The van der Waals surface area contributed by atoms with E-state index in [1.54, 1.807) is 6.07 Å². The molecule has 14 heavy (non-hydrogen) atoms. The van der Waals surface area contributed by atoms with E-state index in [9.17, 15) is 4.79 Å². The van der Waals surface area contributed by atoms with Crippen molar-refractivity contribution in [2.75, 3.05) is 6.61 Å². The molecular formula is C8H6ClNO2S2. The van der Waals surface area contributed by atoms with Crippen molar-refractivity contribution in [2.24, 2.45) is 4.99 Å². The van der Waals surface area contributed by atoms with E-state index in [1.165, 1.54) is 23.1 Å². The number of hydrogen-bond acceptors (Lipinski definition) is 4. The van der Waals surface area contributed by atoms with Crippen LogP contribution in [0.25, 0.3) is 0 Å². The molecule has 0 bridgehead atoms. The number of hydrogen-bond donors (Lipinski definition) is 1. The van der Waals surface area contributed by atoms with Crippen LogP contribution in [0.15, 0.2) is 17.1 Å². The lowest BCUT2D eigenvalue weighted by atomic mass is 10.4. The van der Waals surface area contributed by atoms with E-state index in [1.807, 2.05) is 6.07 Å². The molecule has 1 aromatic rings. The maximum Gasteiger partial charge on any atom is 0.262 e. The van der Waals surface area contributed by atoms with Gasteiger partial charge in [-0.1, -0.05) is 23.4 Å². The molecule has 6 heteroatoms. The normalized spacial score (nSPS) is 21.4. The lowest BCUT2D eigenvalue weighted by Gasteiger charge is -1.99. The molecule has 0 saturated heterocycles. The summed E-state index contributed by atoms with van der Waals surface area (Å²) in [5.41, 5.74) is 0. The Morgan fingerprint density at radius 2 is 2.36 bits per heavy atom. The minimum atomic E-state index is -0.439. The van der Waals surface area contributed by atoms with Gasteiger partial charge in [0.1, 0.15) is 10.3 Å². The van der Waals surface area contributed by atoms with Crippen molar-refractivity contribution in [1.82, 2.24) is 0 Å². The third-order valence-electron chi connectivity index (χ3n) is 1.69. The zero-order chi connectivity index (χ0) is 10.1. The summed E-state index contributed by atoms with van der Waals surface area (Å²) >= 11 is 8.43. The maximum atomic E-state index is 11.2. The summed E-state index contributed by atoms with van der Waals surface area (Å²) in [5.74, 6) is -0.267. The van der Waals surface area contributed by atoms with Crippen LogP contribution >= 0.6 is 34.7 Å². The zero-order valence-corrected chi connectivity index (χ0v) is 9.33. The average molecular weight is 248 g/mol. The highest BCUT2D eigenvalue weighted by Crippen LogP contribution is 2.31. The van der Waals surface area contributed by atoms with Crippen molar-refractivity contribution in [3.8, 4) is 0 Å². The predicted octanol–water partition coefficient (Wildman–Crippen LogP) is 1.78. The fraction of sp³-hybridized carbons (Fsp3) is 0.250. The standard InChI is InChI=1S/C8H6ClNO2S2/c9-6-2-1-4(13-6)8-10-7(12)5(3-11)14-8/h1-2,5,11H,3H2. The number of halogens is 1. The van der Waals surface area contributed by atoms with Gasteiger partial charge in [-0.25, -0.2) is 4.99 Å². The molecule has 1 aromatic heterocycles. The molecule has 1 aliphatic heterocycles. The predicted molar refractivity (Wildman–Crippen MR) is 59.3 cm³/mol. The molecule has 0 aliphatic carbocycles. The SMILES string of the molecule is O=C1N=C(c2ccc(Cl)s2)SC1CO. The highest BCUT2D eigenvalue weighted by atomic mass is 35.5. The largest absolute Gasteiger partial charge is 0.395 e. The van der Waals surface area contributed by atoms with Crippen LogP contribution in [0.4, 0.5) is 0 Å². The second-order valence-electron chi connectivity index (χ2n) is 2.65. The Morgan fingerprint density at radius 3 is 2.86 bits per heavy atom. The summed E-state index contributed by atoms with van der Waals surface area (Å²) in [5, 5.41) is 9.09. The van der Waals surface area contributed by atoms with Gasteiger partial charge in [-0.05, 0) is 12.1 Å². The Balaban J connectivity index is 2.22. The fourth-order valence-electron chi connectivity index (χ4n) is 1.04. The Hall–Kier alpha value is -0.360. The number of rotatable bonds is 2. The summed E-state index contributed by atoms with van der Waals surface area (Å²) in [6, 6.07) is 3.59. The van der Waals surface area contributed by atoms with E-state index in [-0.39, 0.29) is 12.5 Å². The van der Waals surface area contributed by atoms with Gasteiger partial charge in [0.05, 0.1) is 15.8 Å². The lowest BCUT2D eigenvalue weighted by Crippen LogP contribution is -2.14. The molecule has 3 nitrogen and oxygen atoms in total. The third kappa shape index (κ3) is 1.86. The number of aliphatic hydroxyl groups is 1. The van der Waals surface area contributed by atoms with Gasteiger partial charge in [0.2, 0.25) is 0 Å². The first-order valence-corrected chi connectivity index (χ1v) is 5.94. The molecule has 1 N–H and O–H groups in total. The third-order valence-corrected chi connectivity index (χ3v) is 4.23. The number of aliphatic imine (C=N–C) groups is 1. The lowest BCUT2D eigenvalue weighted by molar-refractivity contribution is -0.117. The van der Waals surface area contributed by atoms with Crippen LogP contribution in [0.2, 0.25) is 4.34 Å². The highest BCUT2D eigenvalue weighted by Gasteiger charge is 2.28. The van der Waals surface area contributed by atoms with E-state index < -0.39 is 5.25 Å². The number of carbonyl (C=O) groups is 1. The van der Waals surface area contributed by atoms with E-state index in [2.05, 4.69) is 4.99 Å². The van der Waals surface area contributed by atoms with Gasteiger partial charge in [0.15, 0.2) is 0 Å². The number of carbonyl (C=O) groups excluding carboxylic acids is 1. The van der Waals surface area contributed by atoms with Gasteiger partial charge in [0.25, 0.3) is 5.91 Å². The minimum Gasteiger partial charge on any atom is -0.395 e. The molecule has 1 aliphatic rings. The second-order valence-corrected chi connectivity index (χ2v) is 5.55. The van der Waals surface area contributed by atoms with E-state index in [0.717, 1.165) is 4.88 Å². The summed E-state index contributed by atoms with van der Waals surface area (Å²) in [7, 11) is 0. The van der Waals surface area contributed by atoms with Gasteiger partial charge in [-0.3, -0.25) is 4.79 Å². The second kappa shape index (κ2) is 4.02. The summed E-state index contributed by atoms with van der Waals surface area (Å²) < 4.78 is 0.670. The molecule has 0 fully saturated rings. The molecule has 1 atom stereocenters. The molecule has 0 saturated carbocycles. The van der Waals surface area contributed by atoms with Crippen molar-refractivity contribution in [2.45, 2.75) is 5.25 Å². The zero-order valence-electron chi connectivity index (χ0n) is 6.94. The molecule has 0 aromatic carbocycles. The van der Waals surface area contributed by atoms with Crippen LogP contribution in [0.1, 0.15) is 4.88 Å². The fourth-order valence-corrected chi connectivity index (χ4v) is 3.06. The molecule has 2 heterocycles. The molecule has 0 radical (unpaired) electrons. The first kappa shape index (κ1) is 10.2. The first-order valence-electron chi connectivity index (χ1n) is 3.86. The summed E-state index contributed by atoms with van der Waals surface area (Å²) in [6.45, 7) is -0.171. The number of nitrogens with zero attached hydrogens (tertiary/aromatic N) is 1. The van der Waals surface area contributed by atoms with Crippen LogP contribution in [0.3, 0.4) is 0 Å². The van der Waals surface area contributed by atoms with Gasteiger partial charge in [0, 0.05) is 0 Å². The van der Waals surface area contributed by atoms with Crippen LogP contribution < -0.4 is 0 Å². The molecular weight excluding hydrogens is 242 g/mol. The minimum absolute atomic E-state index is 0.171. The topological polar surface area (TPSA) is 49.7 Å². The number of aliphatic hydroxyl groups excluding tert-OH is 1. The van der Waals surface area contributed by atoms with Crippen molar-refractivity contribution < 1.29 is 9.90 Å². The van der Waals surface area contributed by atoms with Crippen LogP contribution in [-0.2, 0) is 4.79 Å². The molecule has 1 unspecified atom stereocenters. The number of thiophene rings is 1. The smallest absolute Gasteiger partial charge is 0.262 e. The van der Waals surface area contributed by atoms with Crippen molar-refractivity contribution in [1.29, 1.82) is 0 Å². The molecule has 1 amide bonds. The molecule has 0 spiro atoms. The Bertz CT molecular complexity index is 402. The highest BCUT2D eigenvalue weighted by molar-refractivity contribution is 8.16. The van der Waals surface area contributed by atoms with Crippen molar-refractivity contribution >= 4 is 45.7 Å². The van der Waals surface area contributed by atoms with E-state index in [0.29, 0.717) is 9.38 Å². The Labute approximate surface area is 93.8 Å². The summed E-state index contributed by atoms with van der Waals surface area (Å²) in [4.78, 5) is 15.9. The summed E-state index contributed by atoms with van der Waals surface area (Å²) in [6.07, 6.45) is 0. The quantitative estimate of drug-likeness (QED) is 0.867. The van der Waals surface area contributed by atoms with Crippen LogP contribution in [0, 0.1) is 0 Å². The maximum absolute atomic E-state index is 11.2. The van der Waals surface area contributed by atoms with E-state index in [4.69, 9.17) is 16.7 Å². The van der Waals surface area contributed by atoms with Crippen molar-refractivity contribution in [3.05, 3.63) is 21.3 Å².